The lowest BCUT2D eigenvalue weighted by Gasteiger charge is -2.33. The van der Waals surface area contributed by atoms with E-state index in [0.29, 0.717) is 25.5 Å². The van der Waals surface area contributed by atoms with Gasteiger partial charge in [-0.3, -0.25) is 0 Å². The number of hydrogen-bond donors (Lipinski definition) is 1. The molecule has 1 unspecified atom stereocenters. The van der Waals surface area contributed by atoms with Crippen LogP contribution in [0, 0.1) is 6.92 Å². The Balaban J connectivity index is 1.88. The molecule has 100 valence electrons. The molecule has 1 aliphatic rings. The van der Waals surface area contributed by atoms with E-state index in [1.165, 1.54) is 0 Å². The van der Waals surface area contributed by atoms with Gasteiger partial charge in [0.25, 0.3) is 5.92 Å². The molecule has 0 radical (unpaired) electrons. The molecule has 1 atom stereocenters. The van der Waals surface area contributed by atoms with Gasteiger partial charge >= 0.3 is 0 Å². The Morgan fingerprint density at radius 3 is 2.44 bits per heavy atom. The van der Waals surface area contributed by atoms with Crippen molar-refractivity contribution >= 4 is 0 Å². The molecule has 0 saturated carbocycles. The number of rotatable bonds is 3. The summed E-state index contributed by atoms with van der Waals surface area (Å²) in [5, 5.41) is 0. The average molecular weight is 256 g/mol. The summed E-state index contributed by atoms with van der Waals surface area (Å²) < 4.78 is 26.0. The lowest BCUT2D eigenvalue weighted by Crippen LogP contribution is -2.42. The van der Waals surface area contributed by atoms with Crippen molar-refractivity contribution in [2.24, 2.45) is 5.73 Å². The Labute approximate surface area is 105 Å². The lowest BCUT2D eigenvalue weighted by atomic mass is 10.0. The monoisotopic (exact) mass is 256 g/mol. The number of alkyl halides is 2. The summed E-state index contributed by atoms with van der Waals surface area (Å²) in [6.45, 7) is 3.17. The van der Waals surface area contributed by atoms with Crippen molar-refractivity contribution in [1.29, 1.82) is 0 Å². The normalized spacial score (nSPS) is 21.8. The molecule has 0 aromatic carbocycles. The highest BCUT2D eigenvalue weighted by Gasteiger charge is 2.34. The van der Waals surface area contributed by atoms with Crippen molar-refractivity contribution in [3.05, 3.63) is 23.8 Å². The molecule has 0 bridgehead atoms. The summed E-state index contributed by atoms with van der Waals surface area (Å²) >= 11 is 0. The van der Waals surface area contributed by atoms with E-state index in [9.17, 15) is 8.78 Å². The minimum Gasteiger partial charge on any atom is -0.323 e. The molecule has 2 N–H and O–H groups in total. The third-order valence-electron chi connectivity index (χ3n) is 3.27. The van der Waals surface area contributed by atoms with Gasteiger partial charge in [0.2, 0.25) is 0 Å². The van der Waals surface area contributed by atoms with Gasteiger partial charge in [0.05, 0.1) is 0 Å². The number of nitrogens with zero attached hydrogens (tertiary/aromatic N) is 3. The zero-order valence-electron chi connectivity index (χ0n) is 10.4. The Bertz CT molecular complexity index is 384. The smallest absolute Gasteiger partial charge is 0.250 e. The van der Waals surface area contributed by atoms with Gasteiger partial charge in [-0.25, -0.2) is 18.7 Å². The SMILES string of the molecule is Cc1ncc(C(N)CN2CCC(F)(F)CC2)cn1. The Hall–Kier alpha value is -1.14. The summed E-state index contributed by atoms with van der Waals surface area (Å²) in [6.07, 6.45) is 3.24. The standard InChI is InChI=1S/C12H18F2N4/c1-9-16-6-10(7-17-9)11(15)8-18-4-2-12(13,14)3-5-18/h6-7,11H,2-5,8,15H2,1H3. The largest absolute Gasteiger partial charge is 0.323 e. The molecule has 1 aliphatic heterocycles. The van der Waals surface area contributed by atoms with Crippen LogP contribution in [-0.2, 0) is 0 Å². The fourth-order valence-corrected chi connectivity index (χ4v) is 2.04. The highest BCUT2D eigenvalue weighted by molar-refractivity contribution is 5.10. The van der Waals surface area contributed by atoms with Crippen LogP contribution < -0.4 is 5.73 Å². The molecule has 4 nitrogen and oxygen atoms in total. The predicted octanol–water partition coefficient (Wildman–Crippen LogP) is 1.52. The van der Waals surface area contributed by atoms with Crippen LogP contribution in [0.3, 0.4) is 0 Å². The van der Waals surface area contributed by atoms with E-state index in [2.05, 4.69) is 9.97 Å². The maximum atomic E-state index is 13.0. The van der Waals surface area contributed by atoms with Crippen molar-refractivity contribution in [2.75, 3.05) is 19.6 Å². The van der Waals surface area contributed by atoms with Gasteiger partial charge < -0.3 is 10.6 Å². The highest BCUT2D eigenvalue weighted by Crippen LogP contribution is 2.28. The van der Waals surface area contributed by atoms with Gasteiger partial charge in [0.1, 0.15) is 5.82 Å². The van der Waals surface area contributed by atoms with Crippen LogP contribution in [0.15, 0.2) is 12.4 Å². The zero-order valence-corrected chi connectivity index (χ0v) is 10.4. The molecule has 18 heavy (non-hydrogen) atoms. The summed E-state index contributed by atoms with van der Waals surface area (Å²) in [5.74, 6) is -1.81. The van der Waals surface area contributed by atoms with Crippen molar-refractivity contribution in [3.63, 3.8) is 0 Å². The van der Waals surface area contributed by atoms with Gasteiger partial charge in [-0.15, -0.1) is 0 Å². The summed E-state index contributed by atoms with van der Waals surface area (Å²) in [5.41, 5.74) is 6.88. The molecule has 2 rings (SSSR count). The summed E-state index contributed by atoms with van der Waals surface area (Å²) in [4.78, 5) is 10.1. The highest BCUT2D eigenvalue weighted by atomic mass is 19.3. The number of hydrogen-bond acceptors (Lipinski definition) is 4. The van der Waals surface area contributed by atoms with Crippen LogP contribution in [0.1, 0.15) is 30.3 Å². The second-order valence-electron chi connectivity index (χ2n) is 4.83. The van der Waals surface area contributed by atoms with Crippen molar-refractivity contribution in [2.45, 2.75) is 31.7 Å². The van der Waals surface area contributed by atoms with Gasteiger partial charge in [0, 0.05) is 56.5 Å². The third kappa shape index (κ3) is 3.43. The van der Waals surface area contributed by atoms with Crippen molar-refractivity contribution in [1.82, 2.24) is 14.9 Å². The van der Waals surface area contributed by atoms with Crippen LogP contribution in [0.5, 0.6) is 0 Å². The van der Waals surface area contributed by atoms with E-state index in [0.717, 1.165) is 5.56 Å². The number of aromatic nitrogens is 2. The molecule has 2 heterocycles. The minimum absolute atomic E-state index is 0.0792. The molecule has 0 aliphatic carbocycles. The molecule has 1 aromatic rings. The molecule has 6 heteroatoms. The molecule has 1 saturated heterocycles. The van der Waals surface area contributed by atoms with Gasteiger partial charge in [-0.1, -0.05) is 0 Å². The molecule has 1 fully saturated rings. The Morgan fingerprint density at radius 1 is 1.33 bits per heavy atom. The summed E-state index contributed by atoms with van der Waals surface area (Å²) in [6, 6.07) is -0.225. The molecular formula is C12H18F2N4. The number of likely N-dealkylation sites (tertiary alicyclic amines) is 1. The second-order valence-corrected chi connectivity index (χ2v) is 4.83. The molecule has 1 aromatic heterocycles. The van der Waals surface area contributed by atoms with E-state index in [1.54, 1.807) is 12.4 Å². The quantitative estimate of drug-likeness (QED) is 0.890. The van der Waals surface area contributed by atoms with Crippen LogP contribution in [0.2, 0.25) is 0 Å². The second kappa shape index (κ2) is 5.24. The van der Waals surface area contributed by atoms with Gasteiger partial charge in [-0.05, 0) is 6.92 Å². The fraction of sp³-hybridized carbons (Fsp3) is 0.667. The first kappa shape index (κ1) is 13.3. The topological polar surface area (TPSA) is 55.0 Å². The maximum Gasteiger partial charge on any atom is 0.250 e. The van der Waals surface area contributed by atoms with Crippen molar-refractivity contribution < 1.29 is 8.78 Å². The summed E-state index contributed by atoms with van der Waals surface area (Å²) in [7, 11) is 0. The first-order valence-electron chi connectivity index (χ1n) is 6.10. The van der Waals surface area contributed by atoms with E-state index in [1.807, 2.05) is 11.8 Å². The first-order valence-corrected chi connectivity index (χ1v) is 6.10. The van der Waals surface area contributed by atoms with Crippen LogP contribution in [0.25, 0.3) is 0 Å². The molecular weight excluding hydrogens is 238 g/mol. The average Bonchev–Trinajstić information content (AvgIpc) is 2.33. The molecule has 0 amide bonds. The minimum atomic E-state index is -2.51. The van der Waals surface area contributed by atoms with Gasteiger partial charge in [0.15, 0.2) is 0 Å². The number of piperidine rings is 1. The zero-order chi connectivity index (χ0) is 13.2. The lowest BCUT2D eigenvalue weighted by molar-refractivity contribution is -0.0558. The predicted molar refractivity (Wildman–Crippen MR) is 64.3 cm³/mol. The molecule has 0 spiro atoms. The Kier molecular flexibility index (Phi) is 3.87. The van der Waals surface area contributed by atoms with E-state index in [4.69, 9.17) is 5.73 Å². The van der Waals surface area contributed by atoms with E-state index < -0.39 is 5.92 Å². The van der Waals surface area contributed by atoms with Crippen LogP contribution in [0.4, 0.5) is 8.78 Å². The van der Waals surface area contributed by atoms with Crippen molar-refractivity contribution in [3.8, 4) is 0 Å². The number of nitrogens with two attached hydrogens (primary N) is 1. The maximum absolute atomic E-state index is 13.0. The first-order chi connectivity index (χ1) is 8.46. The third-order valence-corrected chi connectivity index (χ3v) is 3.27. The number of halogens is 2. The van der Waals surface area contributed by atoms with E-state index >= 15 is 0 Å². The van der Waals surface area contributed by atoms with Crippen LogP contribution >= 0.6 is 0 Å². The van der Waals surface area contributed by atoms with E-state index in [-0.39, 0.29) is 18.9 Å². The fourth-order valence-electron chi connectivity index (χ4n) is 2.04. The Morgan fingerprint density at radius 2 is 1.89 bits per heavy atom. The van der Waals surface area contributed by atoms with Gasteiger partial charge in [-0.2, -0.15) is 0 Å². The number of aryl methyl sites for hydroxylation is 1. The van der Waals surface area contributed by atoms with Crippen LogP contribution in [-0.4, -0.2) is 40.4 Å².